The zero-order valence-corrected chi connectivity index (χ0v) is 8.51. The molecule has 16 heavy (non-hydrogen) atoms. The molecule has 0 radical (unpaired) electrons. The summed E-state index contributed by atoms with van der Waals surface area (Å²) >= 11 is 0. The zero-order chi connectivity index (χ0) is 12.0. The van der Waals surface area contributed by atoms with Crippen LogP contribution in [0.5, 0.6) is 0 Å². The second kappa shape index (κ2) is 5.69. The highest BCUT2D eigenvalue weighted by Crippen LogP contribution is 2.11. The molecule has 6 heteroatoms. The van der Waals surface area contributed by atoms with Crippen molar-refractivity contribution in [1.82, 2.24) is 4.98 Å². The first-order valence-electron chi connectivity index (χ1n) is 4.75. The maximum atomic E-state index is 10.8. The Balaban J connectivity index is 2.53. The van der Waals surface area contributed by atoms with Crippen LogP contribution in [0.4, 0.5) is 5.82 Å². The van der Waals surface area contributed by atoms with Gasteiger partial charge in [0.25, 0.3) is 0 Å². The molecule has 0 unspecified atom stereocenters. The molecule has 1 aromatic rings. The van der Waals surface area contributed by atoms with Crippen LogP contribution in [0.15, 0.2) is 18.3 Å². The first kappa shape index (κ1) is 12.0. The molecule has 6 nitrogen and oxygen atoms in total. The molecule has 0 aliphatic rings. The van der Waals surface area contributed by atoms with E-state index in [0.717, 1.165) is 0 Å². The van der Waals surface area contributed by atoms with Gasteiger partial charge in [-0.3, -0.25) is 4.79 Å². The van der Waals surface area contributed by atoms with Crippen LogP contribution in [0.25, 0.3) is 0 Å². The Kier molecular flexibility index (Phi) is 4.26. The highest BCUT2D eigenvalue weighted by atomic mass is 16.4. The van der Waals surface area contributed by atoms with Crippen molar-refractivity contribution in [2.45, 2.75) is 12.8 Å². The summed E-state index contributed by atoms with van der Waals surface area (Å²) in [7, 11) is 0. The van der Waals surface area contributed by atoms with Crippen LogP contribution in [0, 0.1) is 0 Å². The average Bonchev–Trinajstić information content (AvgIpc) is 2.24. The van der Waals surface area contributed by atoms with Gasteiger partial charge in [0.05, 0.1) is 0 Å². The normalized spacial score (nSPS) is 9.75. The molecule has 86 valence electrons. The Morgan fingerprint density at radius 1 is 1.38 bits per heavy atom. The van der Waals surface area contributed by atoms with Crippen LogP contribution < -0.4 is 5.32 Å². The summed E-state index contributed by atoms with van der Waals surface area (Å²) in [4.78, 5) is 24.9. The number of hydrogen-bond donors (Lipinski definition) is 3. The standard InChI is InChI=1S/C10H12N2O4/c13-8(14)4-2-6-12-9-7(10(15)16)3-1-5-11-9/h1,3,5H,2,4,6H2,(H,11,12)(H,13,14)(H,15,16). The number of aliphatic carboxylic acids is 1. The smallest absolute Gasteiger partial charge is 0.339 e. The molecule has 0 saturated carbocycles. The van der Waals surface area contributed by atoms with Crippen LogP contribution in [0.3, 0.4) is 0 Å². The van der Waals surface area contributed by atoms with Gasteiger partial charge in [-0.05, 0) is 18.6 Å². The lowest BCUT2D eigenvalue weighted by Gasteiger charge is -2.06. The van der Waals surface area contributed by atoms with Gasteiger partial charge in [0.1, 0.15) is 11.4 Å². The number of nitrogens with zero attached hydrogens (tertiary/aromatic N) is 1. The Bertz CT molecular complexity index is 392. The summed E-state index contributed by atoms with van der Waals surface area (Å²) < 4.78 is 0. The van der Waals surface area contributed by atoms with E-state index in [-0.39, 0.29) is 17.8 Å². The molecule has 0 bridgehead atoms. The molecule has 0 aliphatic carbocycles. The molecule has 3 N–H and O–H groups in total. The van der Waals surface area contributed by atoms with Gasteiger partial charge in [0.2, 0.25) is 0 Å². The van der Waals surface area contributed by atoms with Gasteiger partial charge in [0, 0.05) is 19.2 Å². The molecule has 1 aromatic heterocycles. The van der Waals surface area contributed by atoms with Crippen molar-refractivity contribution in [1.29, 1.82) is 0 Å². The predicted octanol–water partition coefficient (Wildman–Crippen LogP) is 1.06. The number of nitrogens with one attached hydrogen (secondary N) is 1. The van der Waals surface area contributed by atoms with Crippen molar-refractivity contribution < 1.29 is 19.8 Å². The summed E-state index contributed by atoms with van der Waals surface area (Å²) in [5.74, 6) is -1.67. The lowest BCUT2D eigenvalue weighted by molar-refractivity contribution is -0.137. The van der Waals surface area contributed by atoms with E-state index in [0.29, 0.717) is 13.0 Å². The fraction of sp³-hybridized carbons (Fsp3) is 0.300. The highest BCUT2D eigenvalue weighted by molar-refractivity contribution is 5.92. The van der Waals surface area contributed by atoms with Crippen molar-refractivity contribution in [2.24, 2.45) is 0 Å². The summed E-state index contributed by atoms with van der Waals surface area (Å²) in [6.07, 6.45) is 1.94. The number of aromatic carboxylic acids is 1. The Labute approximate surface area is 91.9 Å². The van der Waals surface area contributed by atoms with Crippen LogP contribution in [0.2, 0.25) is 0 Å². The molecule has 0 aliphatic heterocycles. The topological polar surface area (TPSA) is 99.5 Å². The number of pyridine rings is 1. The van der Waals surface area contributed by atoms with E-state index in [2.05, 4.69) is 10.3 Å². The van der Waals surface area contributed by atoms with Gasteiger partial charge < -0.3 is 15.5 Å². The Morgan fingerprint density at radius 3 is 2.75 bits per heavy atom. The van der Waals surface area contributed by atoms with Crippen LogP contribution in [-0.2, 0) is 4.79 Å². The lowest BCUT2D eigenvalue weighted by Crippen LogP contribution is -2.10. The molecule has 0 aromatic carbocycles. The Morgan fingerprint density at radius 2 is 2.12 bits per heavy atom. The molecule has 0 fully saturated rings. The van der Waals surface area contributed by atoms with Crippen molar-refractivity contribution in [3.05, 3.63) is 23.9 Å². The number of hydrogen-bond acceptors (Lipinski definition) is 4. The third kappa shape index (κ3) is 3.56. The van der Waals surface area contributed by atoms with Gasteiger partial charge in [0.15, 0.2) is 0 Å². The lowest BCUT2D eigenvalue weighted by atomic mass is 10.2. The first-order chi connectivity index (χ1) is 7.61. The van der Waals surface area contributed by atoms with E-state index >= 15 is 0 Å². The third-order valence-corrected chi connectivity index (χ3v) is 1.90. The van der Waals surface area contributed by atoms with Crippen LogP contribution >= 0.6 is 0 Å². The van der Waals surface area contributed by atoms with E-state index in [4.69, 9.17) is 10.2 Å². The SMILES string of the molecule is O=C(O)CCCNc1ncccc1C(=O)O. The maximum Gasteiger partial charge on any atom is 0.339 e. The molecule has 0 spiro atoms. The third-order valence-electron chi connectivity index (χ3n) is 1.90. The van der Waals surface area contributed by atoms with Crippen molar-refractivity contribution in [3.8, 4) is 0 Å². The van der Waals surface area contributed by atoms with Crippen molar-refractivity contribution in [3.63, 3.8) is 0 Å². The summed E-state index contributed by atoms with van der Waals surface area (Å²) in [6.45, 7) is 0.379. The van der Waals surface area contributed by atoms with E-state index < -0.39 is 11.9 Å². The summed E-state index contributed by atoms with van der Waals surface area (Å²) in [6, 6.07) is 2.97. The van der Waals surface area contributed by atoms with Crippen molar-refractivity contribution in [2.75, 3.05) is 11.9 Å². The zero-order valence-electron chi connectivity index (χ0n) is 8.51. The monoisotopic (exact) mass is 224 g/mol. The fourth-order valence-electron chi connectivity index (χ4n) is 1.17. The van der Waals surface area contributed by atoms with Gasteiger partial charge in [-0.2, -0.15) is 0 Å². The van der Waals surface area contributed by atoms with Crippen LogP contribution in [0.1, 0.15) is 23.2 Å². The Hall–Kier alpha value is -2.11. The molecule has 1 heterocycles. The largest absolute Gasteiger partial charge is 0.481 e. The second-order valence-corrected chi connectivity index (χ2v) is 3.13. The number of rotatable bonds is 6. The van der Waals surface area contributed by atoms with Gasteiger partial charge in [-0.15, -0.1) is 0 Å². The molecule has 0 saturated heterocycles. The fourth-order valence-corrected chi connectivity index (χ4v) is 1.17. The van der Waals surface area contributed by atoms with Crippen LogP contribution in [-0.4, -0.2) is 33.7 Å². The van der Waals surface area contributed by atoms with E-state index in [1.54, 1.807) is 0 Å². The molecular formula is C10H12N2O4. The molecular weight excluding hydrogens is 212 g/mol. The predicted molar refractivity (Wildman–Crippen MR) is 56.6 cm³/mol. The van der Waals surface area contributed by atoms with Gasteiger partial charge >= 0.3 is 11.9 Å². The number of carboxylic acid groups (broad SMARTS) is 2. The average molecular weight is 224 g/mol. The molecule has 0 amide bonds. The minimum Gasteiger partial charge on any atom is -0.481 e. The molecule has 0 atom stereocenters. The minimum atomic E-state index is -1.06. The van der Waals surface area contributed by atoms with E-state index in [9.17, 15) is 9.59 Å². The minimum absolute atomic E-state index is 0.0439. The van der Waals surface area contributed by atoms with Gasteiger partial charge in [-0.25, -0.2) is 9.78 Å². The maximum absolute atomic E-state index is 10.8. The van der Waals surface area contributed by atoms with E-state index in [1.807, 2.05) is 0 Å². The number of carbonyl (C=O) groups is 2. The number of carboxylic acids is 2. The molecule has 1 rings (SSSR count). The highest BCUT2D eigenvalue weighted by Gasteiger charge is 2.09. The summed E-state index contributed by atoms with van der Waals surface area (Å²) in [5.41, 5.74) is 0.0813. The first-order valence-corrected chi connectivity index (χ1v) is 4.75. The number of anilines is 1. The summed E-state index contributed by atoms with van der Waals surface area (Å²) in [5, 5.41) is 20.0. The van der Waals surface area contributed by atoms with Gasteiger partial charge in [-0.1, -0.05) is 0 Å². The van der Waals surface area contributed by atoms with E-state index in [1.165, 1.54) is 18.3 Å². The second-order valence-electron chi connectivity index (χ2n) is 3.13. The number of aromatic nitrogens is 1. The van der Waals surface area contributed by atoms with Crippen molar-refractivity contribution >= 4 is 17.8 Å². The quantitative estimate of drug-likeness (QED) is 0.625.